The fraction of sp³-hybridized carbons (Fsp3) is 0.0800. The summed E-state index contributed by atoms with van der Waals surface area (Å²) in [5, 5.41) is 9.63. The van der Waals surface area contributed by atoms with Crippen LogP contribution in [0, 0.1) is 6.92 Å². The number of carbonyl (C=O) groups is 2. The van der Waals surface area contributed by atoms with Crippen LogP contribution in [0.3, 0.4) is 0 Å². The summed E-state index contributed by atoms with van der Waals surface area (Å²) < 4.78 is 5.64. The van der Waals surface area contributed by atoms with Crippen molar-refractivity contribution in [2.75, 3.05) is 11.1 Å². The Labute approximate surface area is 189 Å². The molecule has 0 fully saturated rings. The molecular formula is C25H21N3O3S. The van der Waals surface area contributed by atoms with Gasteiger partial charge in [0.1, 0.15) is 5.76 Å². The number of nitrogens with one attached hydrogen (secondary N) is 2. The van der Waals surface area contributed by atoms with Crippen LogP contribution in [0.5, 0.6) is 0 Å². The van der Waals surface area contributed by atoms with E-state index in [4.69, 9.17) is 4.42 Å². The van der Waals surface area contributed by atoms with Gasteiger partial charge < -0.3 is 9.73 Å². The first-order valence-electron chi connectivity index (χ1n) is 9.99. The number of hydrogen-bond acceptors (Lipinski definition) is 5. The molecule has 4 rings (SSSR count). The number of furan rings is 1. The number of thioether (sulfide) groups is 1. The molecule has 0 atom stereocenters. The predicted octanol–water partition coefficient (Wildman–Crippen LogP) is 5.24. The van der Waals surface area contributed by atoms with Gasteiger partial charge in [-0.15, -0.1) is 0 Å². The van der Waals surface area contributed by atoms with E-state index in [0.717, 1.165) is 22.0 Å². The Balaban J connectivity index is 1.27. The standard InChI is InChI=1S/C25H21N3O3S/c1-17-6-2-5-9-22(17)25(30)28-26-15-21-12-13-24(31-21)32-16-23(29)27-20-11-10-18-7-3-4-8-19(18)14-20/h2-15H,16H2,1H3,(H,27,29)(H,28,30). The Bertz CT molecular complexity index is 1300. The Morgan fingerprint density at radius 2 is 1.75 bits per heavy atom. The van der Waals surface area contributed by atoms with E-state index >= 15 is 0 Å². The molecule has 1 heterocycles. The molecule has 0 bridgehead atoms. The zero-order valence-corrected chi connectivity index (χ0v) is 18.2. The van der Waals surface area contributed by atoms with E-state index in [1.54, 1.807) is 24.3 Å². The predicted molar refractivity (Wildman–Crippen MR) is 128 cm³/mol. The number of nitrogens with zero attached hydrogens (tertiary/aromatic N) is 1. The van der Waals surface area contributed by atoms with Gasteiger partial charge in [-0.05, 0) is 53.6 Å². The number of carbonyl (C=O) groups excluding carboxylic acids is 2. The van der Waals surface area contributed by atoms with E-state index in [2.05, 4.69) is 15.8 Å². The third kappa shape index (κ3) is 5.44. The van der Waals surface area contributed by atoms with Gasteiger partial charge in [0.15, 0.2) is 5.09 Å². The first-order chi connectivity index (χ1) is 15.6. The average Bonchev–Trinajstić information content (AvgIpc) is 3.25. The number of benzene rings is 3. The molecule has 0 saturated carbocycles. The lowest BCUT2D eigenvalue weighted by molar-refractivity contribution is -0.113. The number of amides is 2. The van der Waals surface area contributed by atoms with Gasteiger partial charge >= 0.3 is 0 Å². The van der Waals surface area contributed by atoms with Gasteiger partial charge in [-0.25, -0.2) is 5.43 Å². The number of fused-ring (bicyclic) bond motifs is 1. The largest absolute Gasteiger partial charge is 0.449 e. The maximum absolute atomic E-state index is 12.3. The van der Waals surface area contributed by atoms with Crippen LogP contribution < -0.4 is 10.7 Å². The normalized spacial score (nSPS) is 11.0. The van der Waals surface area contributed by atoms with Crippen LogP contribution in [0.4, 0.5) is 5.69 Å². The topological polar surface area (TPSA) is 83.7 Å². The van der Waals surface area contributed by atoms with Crippen LogP contribution in [-0.4, -0.2) is 23.8 Å². The minimum atomic E-state index is -0.286. The molecule has 6 nitrogen and oxygen atoms in total. The molecule has 3 aromatic carbocycles. The van der Waals surface area contributed by atoms with Crippen molar-refractivity contribution in [3.8, 4) is 0 Å². The molecule has 0 aliphatic rings. The lowest BCUT2D eigenvalue weighted by Crippen LogP contribution is -2.18. The fourth-order valence-corrected chi connectivity index (χ4v) is 3.79. The van der Waals surface area contributed by atoms with Crippen molar-refractivity contribution in [2.45, 2.75) is 12.0 Å². The van der Waals surface area contributed by atoms with E-state index in [9.17, 15) is 9.59 Å². The number of hydrogen-bond donors (Lipinski definition) is 2. The zero-order valence-electron chi connectivity index (χ0n) is 17.4. The van der Waals surface area contributed by atoms with Crippen molar-refractivity contribution in [1.29, 1.82) is 0 Å². The highest BCUT2D eigenvalue weighted by molar-refractivity contribution is 7.99. The van der Waals surface area contributed by atoms with Crippen LogP contribution in [-0.2, 0) is 4.79 Å². The van der Waals surface area contributed by atoms with Gasteiger partial charge in [0.05, 0.1) is 12.0 Å². The molecule has 32 heavy (non-hydrogen) atoms. The van der Waals surface area contributed by atoms with Crippen molar-refractivity contribution in [1.82, 2.24) is 5.43 Å². The van der Waals surface area contributed by atoms with Crippen molar-refractivity contribution in [3.63, 3.8) is 0 Å². The van der Waals surface area contributed by atoms with E-state index in [1.165, 1.54) is 18.0 Å². The van der Waals surface area contributed by atoms with Gasteiger partial charge in [0.25, 0.3) is 5.91 Å². The number of anilines is 1. The Hall–Kier alpha value is -3.84. The smallest absolute Gasteiger partial charge is 0.271 e. The van der Waals surface area contributed by atoms with Crippen LogP contribution in [0.15, 0.2) is 93.5 Å². The zero-order chi connectivity index (χ0) is 22.3. The van der Waals surface area contributed by atoms with Crippen LogP contribution in [0.2, 0.25) is 0 Å². The van der Waals surface area contributed by atoms with Gasteiger partial charge in [-0.3, -0.25) is 9.59 Å². The van der Waals surface area contributed by atoms with E-state index in [-0.39, 0.29) is 17.6 Å². The monoisotopic (exact) mass is 443 g/mol. The van der Waals surface area contributed by atoms with Crippen LogP contribution in [0.1, 0.15) is 21.7 Å². The third-order valence-corrected chi connectivity index (χ3v) is 5.64. The Kier molecular flexibility index (Phi) is 6.67. The van der Waals surface area contributed by atoms with E-state index in [0.29, 0.717) is 16.4 Å². The molecule has 0 radical (unpaired) electrons. The summed E-state index contributed by atoms with van der Waals surface area (Å²) >= 11 is 1.28. The highest BCUT2D eigenvalue weighted by Crippen LogP contribution is 2.22. The average molecular weight is 444 g/mol. The maximum atomic E-state index is 12.3. The minimum absolute atomic E-state index is 0.123. The fourth-order valence-electron chi connectivity index (χ4n) is 3.12. The molecule has 2 amide bonds. The second kappa shape index (κ2) is 9.98. The molecule has 0 aliphatic carbocycles. The van der Waals surface area contributed by atoms with Gasteiger partial charge in [0, 0.05) is 11.3 Å². The lowest BCUT2D eigenvalue weighted by atomic mass is 10.1. The molecule has 2 N–H and O–H groups in total. The molecular weight excluding hydrogens is 422 g/mol. The quantitative estimate of drug-likeness (QED) is 0.233. The lowest BCUT2D eigenvalue weighted by Gasteiger charge is -2.06. The SMILES string of the molecule is Cc1ccccc1C(=O)NN=Cc1ccc(SCC(=O)Nc2ccc3ccccc3c2)o1. The molecule has 0 aliphatic heterocycles. The summed E-state index contributed by atoms with van der Waals surface area (Å²) in [6, 6.07) is 24.6. The summed E-state index contributed by atoms with van der Waals surface area (Å²) in [5.74, 6) is 0.279. The van der Waals surface area contributed by atoms with Crippen molar-refractivity contribution in [2.24, 2.45) is 5.10 Å². The first-order valence-corrected chi connectivity index (χ1v) is 11.0. The maximum Gasteiger partial charge on any atom is 0.271 e. The highest BCUT2D eigenvalue weighted by atomic mass is 32.2. The highest BCUT2D eigenvalue weighted by Gasteiger charge is 2.08. The van der Waals surface area contributed by atoms with Crippen LogP contribution in [0.25, 0.3) is 10.8 Å². The van der Waals surface area contributed by atoms with Gasteiger partial charge in [-0.1, -0.05) is 60.3 Å². The number of aryl methyl sites for hydroxylation is 1. The van der Waals surface area contributed by atoms with Crippen molar-refractivity contribution in [3.05, 3.63) is 95.7 Å². The second-order valence-corrected chi connectivity index (χ2v) is 8.05. The Morgan fingerprint density at radius 3 is 2.59 bits per heavy atom. The van der Waals surface area contributed by atoms with E-state index < -0.39 is 0 Å². The first kappa shape index (κ1) is 21.4. The van der Waals surface area contributed by atoms with Gasteiger partial charge in [0.2, 0.25) is 5.91 Å². The molecule has 0 spiro atoms. The third-order valence-electron chi connectivity index (χ3n) is 4.73. The number of hydrazone groups is 1. The molecule has 1 aromatic heterocycles. The molecule has 160 valence electrons. The summed E-state index contributed by atoms with van der Waals surface area (Å²) in [7, 11) is 0. The molecule has 0 unspecified atom stereocenters. The van der Waals surface area contributed by atoms with Crippen molar-refractivity contribution >= 4 is 46.3 Å². The summed E-state index contributed by atoms with van der Waals surface area (Å²) in [6.45, 7) is 1.87. The minimum Gasteiger partial charge on any atom is -0.449 e. The van der Waals surface area contributed by atoms with Crippen LogP contribution >= 0.6 is 11.8 Å². The molecule has 0 saturated heterocycles. The molecule has 4 aromatic rings. The van der Waals surface area contributed by atoms with E-state index in [1.807, 2.05) is 61.5 Å². The summed E-state index contributed by atoms with van der Waals surface area (Å²) in [4.78, 5) is 24.4. The summed E-state index contributed by atoms with van der Waals surface area (Å²) in [6.07, 6.45) is 1.43. The summed E-state index contributed by atoms with van der Waals surface area (Å²) in [5.41, 5.74) is 4.68. The Morgan fingerprint density at radius 1 is 0.969 bits per heavy atom. The molecule has 7 heteroatoms. The second-order valence-electron chi connectivity index (χ2n) is 7.07. The number of rotatable bonds is 7. The van der Waals surface area contributed by atoms with Crippen molar-refractivity contribution < 1.29 is 14.0 Å². The van der Waals surface area contributed by atoms with Gasteiger partial charge in [-0.2, -0.15) is 5.10 Å².